The zero-order valence-electron chi connectivity index (χ0n) is 23.1. The van der Waals surface area contributed by atoms with Crippen molar-refractivity contribution in [1.82, 2.24) is 14.8 Å². The number of rotatable bonds is 10. The molecule has 1 saturated carbocycles. The molecular weight excluding hydrogens is 472 g/mol. The molecule has 0 bridgehead atoms. The minimum Gasteiger partial charge on any atom is -0.481 e. The van der Waals surface area contributed by atoms with E-state index in [1.54, 1.807) is 0 Å². The average molecular weight is 519 g/mol. The van der Waals surface area contributed by atoms with Gasteiger partial charge in [-0.2, -0.15) is 0 Å². The first-order chi connectivity index (χ1) is 18.6. The maximum atomic E-state index is 11.6. The Bertz CT molecular complexity index is 995. The lowest BCUT2D eigenvalue weighted by molar-refractivity contribution is -0.139. The van der Waals surface area contributed by atoms with Crippen molar-refractivity contribution in [2.75, 3.05) is 44.2 Å². The molecule has 2 aromatic rings. The van der Waals surface area contributed by atoms with Crippen molar-refractivity contribution in [2.45, 2.75) is 76.3 Å². The van der Waals surface area contributed by atoms with E-state index in [2.05, 4.69) is 69.1 Å². The topological polar surface area (TPSA) is 59.9 Å². The molecule has 1 aliphatic carbocycles. The third kappa shape index (κ3) is 6.58. The highest BCUT2D eigenvalue weighted by Gasteiger charge is 2.41. The number of piperidine rings is 1. The number of pyridine rings is 1. The molecule has 1 aromatic carbocycles. The van der Waals surface area contributed by atoms with Crippen LogP contribution in [0.1, 0.15) is 69.8 Å². The van der Waals surface area contributed by atoms with Crippen LogP contribution >= 0.6 is 0 Å². The zero-order valence-corrected chi connectivity index (χ0v) is 23.1. The number of aromatic nitrogens is 1. The molecule has 1 N–H and O–H groups in total. The first-order valence-electron chi connectivity index (χ1n) is 15.0. The van der Waals surface area contributed by atoms with Crippen molar-refractivity contribution in [3.63, 3.8) is 0 Å². The molecule has 0 amide bonds. The highest BCUT2D eigenvalue weighted by Crippen LogP contribution is 2.40. The lowest BCUT2D eigenvalue weighted by Gasteiger charge is -2.41. The SMILES string of the molecule is CCCN(c1cccnc1)C1CCN(C[C@H]2CN([C@@H]3CCCCC3CC(=O)O)C[C@@H]2c2ccccc2)CC1. The van der Waals surface area contributed by atoms with Gasteiger partial charge in [0.2, 0.25) is 0 Å². The van der Waals surface area contributed by atoms with Crippen molar-refractivity contribution in [3.8, 4) is 0 Å². The van der Waals surface area contributed by atoms with E-state index in [9.17, 15) is 9.90 Å². The summed E-state index contributed by atoms with van der Waals surface area (Å²) in [6.07, 6.45) is 12.4. The van der Waals surface area contributed by atoms with E-state index in [1.165, 1.54) is 36.9 Å². The van der Waals surface area contributed by atoms with Crippen LogP contribution in [-0.2, 0) is 4.79 Å². The van der Waals surface area contributed by atoms with E-state index < -0.39 is 5.97 Å². The second-order valence-electron chi connectivity index (χ2n) is 11.9. The monoisotopic (exact) mass is 518 g/mol. The molecule has 206 valence electrons. The predicted octanol–water partition coefficient (Wildman–Crippen LogP) is 5.51. The fraction of sp³-hybridized carbons (Fsp3) is 0.625. The number of hydrogen-bond acceptors (Lipinski definition) is 5. The number of hydrogen-bond donors (Lipinski definition) is 1. The molecule has 3 fully saturated rings. The number of likely N-dealkylation sites (tertiary alicyclic amines) is 2. The fourth-order valence-corrected chi connectivity index (χ4v) is 7.60. The third-order valence-electron chi connectivity index (χ3n) is 9.40. The van der Waals surface area contributed by atoms with Crippen molar-refractivity contribution in [3.05, 3.63) is 60.4 Å². The lowest BCUT2D eigenvalue weighted by atomic mass is 9.81. The van der Waals surface area contributed by atoms with Gasteiger partial charge in [0.25, 0.3) is 0 Å². The zero-order chi connectivity index (χ0) is 26.3. The van der Waals surface area contributed by atoms with Gasteiger partial charge in [0.05, 0.1) is 11.9 Å². The first-order valence-corrected chi connectivity index (χ1v) is 15.0. The van der Waals surface area contributed by atoms with Crippen LogP contribution in [-0.4, -0.2) is 77.2 Å². The van der Waals surface area contributed by atoms with Crippen LogP contribution in [0.25, 0.3) is 0 Å². The minimum absolute atomic E-state index is 0.296. The third-order valence-corrected chi connectivity index (χ3v) is 9.40. The van der Waals surface area contributed by atoms with Gasteiger partial charge in [0.1, 0.15) is 0 Å². The molecule has 6 heteroatoms. The summed E-state index contributed by atoms with van der Waals surface area (Å²) >= 11 is 0. The molecule has 2 aliphatic heterocycles. The fourth-order valence-electron chi connectivity index (χ4n) is 7.60. The van der Waals surface area contributed by atoms with Crippen LogP contribution in [0.5, 0.6) is 0 Å². The minimum atomic E-state index is -0.636. The number of nitrogens with zero attached hydrogens (tertiary/aromatic N) is 4. The lowest BCUT2D eigenvalue weighted by Crippen LogP contribution is -2.47. The van der Waals surface area contributed by atoms with Crippen LogP contribution in [0.3, 0.4) is 0 Å². The van der Waals surface area contributed by atoms with Gasteiger partial charge in [-0.3, -0.25) is 14.7 Å². The van der Waals surface area contributed by atoms with Crippen LogP contribution in [0.15, 0.2) is 54.9 Å². The van der Waals surface area contributed by atoms with Gasteiger partial charge in [-0.1, -0.05) is 50.1 Å². The number of carboxylic acid groups (broad SMARTS) is 1. The summed E-state index contributed by atoms with van der Waals surface area (Å²) < 4.78 is 0. The predicted molar refractivity (Wildman–Crippen MR) is 154 cm³/mol. The van der Waals surface area contributed by atoms with Crippen molar-refractivity contribution < 1.29 is 9.90 Å². The molecule has 6 nitrogen and oxygen atoms in total. The number of benzene rings is 1. The second kappa shape index (κ2) is 13.1. The van der Waals surface area contributed by atoms with Gasteiger partial charge in [0.15, 0.2) is 0 Å². The van der Waals surface area contributed by atoms with Crippen molar-refractivity contribution in [1.29, 1.82) is 0 Å². The standard InChI is InChI=1S/C32H46N4O2/c1-2-17-36(29-12-8-16-33-21-29)28-14-18-34(19-15-28)22-27-23-35(24-30(27)25-9-4-3-5-10-25)31-13-7-6-11-26(31)20-32(37)38/h3-5,8-10,12,16,21,26-28,30-31H,2,6-7,11,13-15,17-20,22-24H2,1H3,(H,37,38)/t26?,27-,30+,31+/m0/s1. The Hall–Kier alpha value is -2.44. The van der Waals surface area contributed by atoms with Gasteiger partial charge in [-0.05, 0) is 61.6 Å². The Balaban J connectivity index is 1.25. The highest BCUT2D eigenvalue weighted by atomic mass is 16.4. The summed E-state index contributed by atoms with van der Waals surface area (Å²) in [7, 11) is 0. The Labute approximate surface area is 229 Å². The van der Waals surface area contributed by atoms with E-state index in [1.807, 2.05) is 12.4 Å². The molecule has 0 radical (unpaired) electrons. The maximum absolute atomic E-state index is 11.6. The maximum Gasteiger partial charge on any atom is 0.303 e. The second-order valence-corrected chi connectivity index (χ2v) is 11.9. The quantitative estimate of drug-likeness (QED) is 0.448. The summed E-state index contributed by atoms with van der Waals surface area (Å²) in [5.41, 5.74) is 2.71. The van der Waals surface area contributed by atoms with Gasteiger partial charge in [0, 0.05) is 69.9 Å². The van der Waals surface area contributed by atoms with E-state index >= 15 is 0 Å². The number of anilines is 1. The number of carboxylic acids is 1. The molecule has 3 heterocycles. The molecule has 2 saturated heterocycles. The Morgan fingerprint density at radius 3 is 2.50 bits per heavy atom. The van der Waals surface area contributed by atoms with Crippen LogP contribution < -0.4 is 4.90 Å². The van der Waals surface area contributed by atoms with E-state index in [0.29, 0.717) is 36.3 Å². The van der Waals surface area contributed by atoms with Gasteiger partial charge >= 0.3 is 5.97 Å². The van der Waals surface area contributed by atoms with Crippen molar-refractivity contribution >= 4 is 11.7 Å². The molecule has 1 unspecified atom stereocenters. The molecule has 0 spiro atoms. The smallest absolute Gasteiger partial charge is 0.303 e. The van der Waals surface area contributed by atoms with Gasteiger partial charge in [-0.25, -0.2) is 0 Å². The summed E-state index contributed by atoms with van der Waals surface area (Å²) in [4.78, 5) is 24.0. The largest absolute Gasteiger partial charge is 0.481 e. The van der Waals surface area contributed by atoms with E-state index in [4.69, 9.17) is 0 Å². The average Bonchev–Trinajstić information content (AvgIpc) is 3.36. The number of carbonyl (C=O) groups is 1. The van der Waals surface area contributed by atoms with E-state index in [0.717, 1.165) is 58.5 Å². The summed E-state index contributed by atoms with van der Waals surface area (Å²) in [5.74, 6) is 0.771. The molecule has 1 aromatic heterocycles. The van der Waals surface area contributed by atoms with E-state index in [-0.39, 0.29) is 0 Å². The molecule has 4 atom stereocenters. The molecule has 3 aliphatic rings. The Morgan fingerprint density at radius 1 is 1.00 bits per heavy atom. The Kier molecular flexibility index (Phi) is 9.34. The van der Waals surface area contributed by atoms with Gasteiger partial charge < -0.3 is 14.9 Å². The Morgan fingerprint density at radius 2 is 1.79 bits per heavy atom. The van der Waals surface area contributed by atoms with Gasteiger partial charge in [-0.15, -0.1) is 0 Å². The van der Waals surface area contributed by atoms with Crippen LogP contribution in [0, 0.1) is 11.8 Å². The molecular formula is C32H46N4O2. The summed E-state index contributed by atoms with van der Waals surface area (Å²) in [5, 5.41) is 9.56. The molecule has 38 heavy (non-hydrogen) atoms. The van der Waals surface area contributed by atoms with Crippen LogP contribution in [0.2, 0.25) is 0 Å². The number of aliphatic carboxylic acids is 1. The molecule has 5 rings (SSSR count). The first kappa shape index (κ1) is 27.1. The summed E-state index contributed by atoms with van der Waals surface area (Å²) in [6, 6.07) is 16.3. The normalized spacial score (nSPS) is 27.4. The summed E-state index contributed by atoms with van der Waals surface area (Å²) in [6.45, 7) is 8.95. The highest BCUT2D eigenvalue weighted by molar-refractivity contribution is 5.67. The van der Waals surface area contributed by atoms with Crippen molar-refractivity contribution in [2.24, 2.45) is 11.8 Å². The van der Waals surface area contributed by atoms with Crippen LogP contribution in [0.4, 0.5) is 5.69 Å².